The van der Waals surface area contributed by atoms with E-state index < -0.39 is 0 Å². The maximum atomic E-state index is 5.43. The van der Waals surface area contributed by atoms with Gasteiger partial charge in [-0.25, -0.2) is 4.63 Å². The highest BCUT2D eigenvalue weighted by molar-refractivity contribution is 5.73. The van der Waals surface area contributed by atoms with E-state index in [2.05, 4.69) is 51.4 Å². The summed E-state index contributed by atoms with van der Waals surface area (Å²) in [6, 6.07) is 12.9. The van der Waals surface area contributed by atoms with Crippen LogP contribution in [0.15, 0.2) is 41.0 Å². The van der Waals surface area contributed by atoms with Crippen molar-refractivity contribution >= 4 is 11.0 Å². The van der Waals surface area contributed by atoms with Crippen molar-refractivity contribution in [3.05, 3.63) is 47.5 Å². The number of hydrogen-bond acceptors (Lipinski definition) is 7. The highest BCUT2D eigenvalue weighted by atomic mass is 16.6. The van der Waals surface area contributed by atoms with Crippen LogP contribution in [0.1, 0.15) is 24.0 Å². The van der Waals surface area contributed by atoms with Crippen LogP contribution in [0.25, 0.3) is 11.0 Å². The number of rotatable bonds is 8. The van der Waals surface area contributed by atoms with Gasteiger partial charge in [0.25, 0.3) is 0 Å². The van der Waals surface area contributed by atoms with E-state index >= 15 is 0 Å². The van der Waals surface area contributed by atoms with Crippen LogP contribution >= 0.6 is 0 Å². The molecule has 3 aromatic rings. The monoisotopic (exact) mass is 410 g/mol. The van der Waals surface area contributed by atoms with Gasteiger partial charge in [-0.05, 0) is 78.6 Å². The van der Waals surface area contributed by atoms with Gasteiger partial charge in [0, 0.05) is 25.7 Å². The molecule has 2 aromatic carbocycles. The summed E-state index contributed by atoms with van der Waals surface area (Å²) in [5.41, 5.74) is 4.16. The zero-order chi connectivity index (χ0) is 20.9. The van der Waals surface area contributed by atoms with Gasteiger partial charge in [-0.15, -0.1) is 0 Å². The Bertz CT molecular complexity index is 974. The lowest BCUT2D eigenvalue weighted by Gasteiger charge is -2.37. The second-order valence-corrected chi connectivity index (χ2v) is 8.04. The molecule has 4 rings (SSSR count). The molecule has 1 fully saturated rings. The van der Waals surface area contributed by atoms with E-state index in [4.69, 9.17) is 14.1 Å². The molecular formula is C23H30N4O3. The van der Waals surface area contributed by atoms with E-state index in [1.807, 2.05) is 12.1 Å². The average molecular weight is 411 g/mol. The van der Waals surface area contributed by atoms with E-state index in [9.17, 15) is 0 Å². The lowest BCUT2D eigenvalue weighted by atomic mass is 10.0. The Labute approximate surface area is 177 Å². The normalized spacial score (nSPS) is 17.5. The third-order valence-corrected chi connectivity index (χ3v) is 6.03. The molecule has 0 bridgehead atoms. The van der Waals surface area contributed by atoms with E-state index in [1.54, 1.807) is 14.2 Å². The number of fused-ring (bicyclic) bond motifs is 1. The van der Waals surface area contributed by atoms with Gasteiger partial charge in [0.1, 0.15) is 11.0 Å². The fourth-order valence-corrected chi connectivity index (χ4v) is 4.24. The molecule has 0 spiro atoms. The Kier molecular flexibility index (Phi) is 6.50. The third kappa shape index (κ3) is 4.74. The van der Waals surface area contributed by atoms with E-state index in [1.165, 1.54) is 24.0 Å². The van der Waals surface area contributed by atoms with Gasteiger partial charge in [0.2, 0.25) is 0 Å². The number of nitrogens with zero attached hydrogens (tertiary/aromatic N) is 4. The second kappa shape index (κ2) is 9.45. The van der Waals surface area contributed by atoms with E-state index in [0.717, 1.165) is 55.1 Å². The predicted octanol–water partition coefficient (Wildman–Crippen LogP) is 3.38. The Morgan fingerprint density at radius 1 is 1.03 bits per heavy atom. The van der Waals surface area contributed by atoms with Crippen LogP contribution in [0.5, 0.6) is 11.5 Å². The molecule has 0 aliphatic carbocycles. The number of ether oxygens (including phenoxy) is 2. The lowest BCUT2D eigenvalue weighted by molar-refractivity contribution is 0.112. The summed E-state index contributed by atoms with van der Waals surface area (Å²) in [6.45, 7) is 4.17. The van der Waals surface area contributed by atoms with Crippen LogP contribution in [-0.2, 0) is 13.0 Å². The zero-order valence-corrected chi connectivity index (χ0v) is 18.0. The largest absolute Gasteiger partial charge is 0.493 e. The highest BCUT2D eigenvalue weighted by Crippen LogP contribution is 2.28. The zero-order valence-electron chi connectivity index (χ0n) is 18.0. The average Bonchev–Trinajstić information content (AvgIpc) is 3.25. The first-order valence-corrected chi connectivity index (χ1v) is 10.5. The van der Waals surface area contributed by atoms with Crippen LogP contribution in [-0.4, -0.2) is 67.1 Å². The molecule has 7 heteroatoms. The predicted molar refractivity (Wildman–Crippen MR) is 116 cm³/mol. The minimum absolute atomic E-state index is 0.566. The maximum Gasteiger partial charge on any atom is 0.160 e. The van der Waals surface area contributed by atoms with Crippen LogP contribution in [0.3, 0.4) is 0 Å². The number of piperidine rings is 1. The van der Waals surface area contributed by atoms with Gasteiger partial charge >= 0.3 is 0 Å². The molecule has 0 amide bonds. The van der Waals surface area contributed by atoms with Crippen molar-refractivity contribution in [3.8, 4) is 11.5 Å². The molecular weight excluding hydrogens is 380 g/mol. The molecule has 30 heavy (non-hydrogen) atoms. The number of likely N-dealkylation sites (N-methyl/N-ethyl adjacent to an activating group) is 1. The van der Waals surface area contributed by atoms with Crippen molar-refractivity contribution in [3.63, 3.8) is 0 Å². The van der Waals surface area contributed by atoms with Crippen LogP contribution < -0.4 is 9.47 Å². The van der Waals surface area contributed by atoms with Crippen molar-refractivity contribution in [2.45, 2.75) is 31.8 Å². The van der Waals surface area contributed by atoms with Crippen LogP contribution in [0, 0.1) is 0 Å². The molecule has 2 heterocycles. The molecule has 1 aliphatic rings. The highest BCUT2D eigenvalue weighted by Gasteiger charge is 2.23. The van der Waals surface area contributed by atoms with Crippen molar-refractivity contribution in [2.24, 2.45) is 0 Å². The minimum atomic E-state index is 0.566. The number of benzene rings is 2. The fraction of sp³-hybridized carbons (Fsp3) is 0.478. The van der Waals surface area contributed by atoms with Gasteiger partial charge in [-0.3, -0.25) is 4.90 Å². The van der Waals surface area contributed by atoms with Crippen molar-refractivity contribution in [2.75, 3.05) is 40.9 Å². The topological polar surface area (TPSA) is 63.9 Å². The molecule has 1 aliphatic heterocycles. The lowest BCUT2D eigenvalue weighted by Crippen LogP contribution is -2.46. The summed E-state index contributed by atoms with van der Waals surface area (Å²) in [6.07, 6.45) is 3.45. The Hall–Kier alpha value is -2.64. The maximum absolute atomic E-state index is 5.43. The number of aromatic nitrogens is 2. The quantitative estimate of drug-likeness (QED) is 0.564. The van der Waals surface area contributed by atoms with Crippen LogP contribution in [0.2, 0.25) is 0 Å². The van der Waals surface area contributed by atoms with Gasteiger partial charge < -0.3 is 14.4 Å². The Balaban J connectivity index is 1.32. The number of hydrogen-bond donors (Lipinski definition) is 0. The van der Waals surface area contributed by atoms with Crippen LogP contribution in [0.4, 0.5) is 0 Å². The first kappa shape index (κ1) is 20.6. The molecule has 0 N–H and O–H groups in total. The van der Waals surface area contributed by atoms with Gasteiger partial charge in [0.15, 0.2) is 11.5 Å². The molecule has 0 radical (unpaired) electrons. The third-order valence-electron chi connectivity index (χ3n) is 6.03. The molecule has 0 saturated carbocycles. The van der Waals surface area contributed by atoms with Gasteiger partial charge in [0.05, 0.1) is 14.2 Å². The first-order valence-electron chi connectivity index (χ1n) is 10.5. The van der Waals surface area contributed by atoms with Crippen molar-refractivity contribution in [1.82, 2.24) is 20.1 Å². The molecule has 1 atom stereocenters. The van der Waals surface area contributed by atoms with E-state index in [-0.39, 0.29) is 0 Å². The van der Waals surface area contributed by atoms with Gasteiger partial charge in [-0.1, -0.05) is 12.1 Å². The van der Waals surface area contributed by atoms with Gasteiger partial charge in [-0.2, -0.15) is 0 Å². The molecule has 1 unspecified atom stereocenters. The van der Waals surface area contributed by atoms with Crippen molar-refractivity contribution < 1.29 is 14.1 Å². The number of methoxy groups -OCH3 is 2. The molecule has 7 nitrogen and oxygen atoms in total. The van der Waals surface area contributed by atoms with Crippen molar-refractivity contribution in [1.29, 1.82) is 0 Å². The fourth-order valence-electron chi connectivity index (χ4n) is 4.24. The first-order chi connectivity index (χ1) is 14.7. The second-order valence-electron chi connectivity index (χ2n) is 8.04. The summed E-state index contributed by atoms with van der Waals surface area (Å²) in [4.78, 5) is 5.03. The Morgan fingerprint density at radius 3 is 2.67 bits per heavy atom. The standard InChI is InChI=1S/C23H30N4O3/c1-26(12-10-17-7-9-22(28-2)23(14-17)29-3)19-5-4-11-27(16-19)15-18-6-8-20-21(13-18)25-30-24-20/h6-9,13-14,19H,4-5,10-12,15-16H2,1-3H3. The summed E-state index contributed by atoms with van der Waals surface area (Å²) < 4.78 is 15.6. The summed E-state index contributed by atoms with van der Waals surface area (Å²) >= 11 is 0. The van der Waals surface area contributed by atoms with E-state index in [0.29, 0.717) is 6.04 Å². The molecule has 160 valence electrons. The minimum Gasteiger partial charge on any atom is -0.493 e. The summed E-state index contributed by atoms with van der Waals surface area (Å²) in [5, 5.41) is 7.85. The smallest absolute Gasteiger partial charge is 0.160 e. The summed E-state index contributed by atoms with van der Waals surface area (Å²) in [7, 11) is 5.59. The molecule has 1 aromatic heterocycles. The summed E-state index contributed by atoms with van der Waals surface area (Å²) in [5.74, 6) is 1.57. The number of likely N-dealkylation sites (tertiary alicyclic amines) is 1. The Morgan fingerprint density at radius 2 is 1.83 bits per heavy atom. The SMILES string of the molecule is COc1ccc(CCN(C)C2CCCN(Cc3ccc4nonc4c3)C2)cc1OC. The molecule has 1 saturated heterocycles.